The highest BCUT2D eigenvalue weighted by Gasteiger charge is 2.28. The maximum Gasteiger partial charge on any atom is 0.311 e. The van der Waals surface area contributed by atoms with E-state index in [9.17, 15) is 21.4 Å². The predicted molar refractivity (Wildman–Crippen MR) is 90.5 cm³/mol. The molecule has 9 heteroatoms. The van der Waals surface area contributed by atoms with Crippen LogP contribution in [0.5, 0.6) is 0 Å². The lowest BCUT2D eigenvalue weighted by atomic mass is 10.2. The van der Waals surface area contributed by atoms with Gasteiger partial charge in [-0.15, -0.1) is 0 Å². The van der Waals surface area contributed by atoms with Gasteiger partial charge in [-0.3, -0.25) is 4.55 Å². The molecule has 0 saturated carbocycles. The molecule has 2 aromatic carbocycles. The van der Waals surface area contributed by atoms with Crippen molar-refractivity contribution < 1.29 is 21.4 Å². The smallest absolute Gasteiger partial charge is 0.281 e. The third-order valence-corrected chi connectivity index (χ3v) is 6.44. The van der Waals surface area contributed by atoms with Crippen molar-refractivity contribution in [2.24, 2.45) is 0 Å². The maximum atomic E-state index is 12.9. The van der Waals surface area contributed by atoms with E-state index in [0.29, 0.717) is 9.36 Å². The minimum atomic E-state index is -4.77. The van der Waals surface area contributed by atoms with Crippen LogP contribution in [0.4, 0.5) is 0 Å². The molecule has 0 fully saturated rings. The van der Waals surface area contributed by atoms with Crippen LogP contribution in [0.3, 0.4) is 0 Å². The highest BCUT2D eigenvalue weighted by molar-refractivity contribution is 7.91. The van der Waals surface area contributed by atoms with Gasteiger partial charge in [0.15, 0.2) is 5.03 Å². The molecular formula is C15H12ClNO5S2. The topological polar surface area (TPSA) is 93.4 Å². The van der Waals surface area contributed by atoms with Gasteiger partial charge in [0.05, 0.1) is 10.4 Å². The number of aromatic nitrogens is 1. The van der Waals surface area contributed by atoms with Gasteiger partial charge in [-0.05, 0) is 37.3 Å². The van der Waals surface area contributed by atoms with E-state index in [1.54, 1.807) is 19.1 Å². The van der Waals surface area contributed by atoms with Crippen molar-refractivity contribution in [3.63, 3.8) is 0 Å². The summed E-state index contributed by atoms with van der Waals surface area (Å²) < 4.78 is 59.3. The molecule has 24 heavy (non-hydrogen) atoms. The fourth-order valence-electron chi connectivity index (χ4n) is 2.37. The van der Waals surface area contributed by atoms with Gasteiger partial charge < -0.3 is 0 Å². The van der Waals surface area contributed by atoms with Crippen molar-refractivity contribution in [2.75, 3.05) is 0 Å². The van der Waals surface area contributed by atoms with E-state index in [0.717, 1.165) is 11.6 Å². The average molecular weight is 386 g/mol. The molecule has 126 valence electrons. The summed E-state index contributed by atoms with van der Waals surface area (Å²) >= 11 is 5.91. The summed E-state index contributed by atoms with van der Waals surface area (Å²) in [6, 6.07) is 11.3. The normalized spacial score (nSPS) is 12.6. The van der Waals surface area contributed by atoms with Crippen molar-refractivity contribution in [3.8, 4) is 0 Å². The summed E-state index contributed by atoms with van der Waals surface area (Å²) in [6.45, 7) is 1.80. The van der Waals surface area contributed by atoms with Crippen LogP contribution >= 0.6 is 11.6 Å². The number of hydrogen-bond acceptors (Lipinski definition) is 4. The first-order chi connectivity index (χ1) is 11.1. The SMILES string of the molecule is Cc1ccc(S(=O)(=O)n2c(S(=O)(=O)O)cc3ccc(Cl)cc32)cc1. The lowest BCUT2D eigenvalue weighted by molar-refractivity contribution is 0.477. The Kier molecular flexibility index (Phi) is 3.95. The zero-order chi connectivity index (χ0) is 17.7. The molecule has 6 nitrogen and oxygen atoms in total. The number of benzene rings is 2. The Morgan fingerprint density at radius 3 is 2.17 bits per heavy atom. The summed E-state index contributed by atoms with van der Waals surface area (Å²) in [6.07, 6.45) is 0. The number of aryl methyl sites for hydroxylation is 1. The van der Waals surface area contributed by atoms with Gasteiger partial charge in [0.25, 0.3) is 10.0 Å². The average Bonchev–Trinajstić information content (AvgIpc) is 2.87. The molecular weight excluding hydrogens is 374 g/mol. The van der Waals surface area contributed by atoms with E-state index in [1.165, 1.54) is 30.3 Å². The Morgan fingerprint density at radius 2 is 1.58 bits per heavy atom. The molecule has 1 aromatic heterocycles. The van der Waals surface area contributed by atoms with Gasteiger partial charge in [-0.25, -0.2) is 12.4 Å². The van der Waals surface area contributed by atoms with E-state index in [1.807, 2.05) is 0 Å². The van der Waals surface area contributed by atoms with Gasteiger partial charge >= 0.3 is 10.1 Å². The first-order valence-electron chi connectivity index (χ1n) is 6.71. The summed E-state index contributed by atoms with van der Waals surface area (Å²) in [5.41, 5.74) is 0.917. The Labute approximate surface area is 144 Å². The summed E-state index contributed by atoms with van der Waals surface area (Å²) in [7, 11) is -9.02. The quantitative estimate of drug-likeness (QED) is 0.699. The van der Waals surface area contributed by atoms with Gasteiger partial charge in [0.2, 0.25) is 0 Å². The Hall–Kier alpha value is -1.87. The molecule has 0 unspecified atom stereocenters. The van der Waals surface area contributed by atoms with Crippen LogP contribution in [0.15, 0.2) is 58.5 Å². The number of hydrogen-bond donors (Lipinski definition) is 1. The largest absolute Gasteiger partial charge is 0.311 e. The summed E-state index contributed by atoms with van der Waals surface area (Å²) in [4.78, 5) is -0.101. The predicted octanol–water partition coefficient (Wildman–Crippen LogP) is 3.09. The van der Waals surface area contributed by atoms with Gasteiger partial charge in [0, 0.05) is 10.4 Å². The van der Waals surface area contributed by atoms with Crippen molar-refractivity contribution in [2.45, 2.75) is 16.8 Å². The number of nitrogens with zero attached hydrogens (tertiary/aromatic N) is 1. The fourth-order valence-corrected chi connectivity index (χ4v) is 5.09. The Morgan fingerprint density at radius 1 is 0.958 bits per heavy atom. The molecule has 1 heterocycles. The molecule has 0 amide bonds. The van der Waals surface area contributed by atoms with E-state index >= 15 is 0 Å². The summed E-state index contributed by atoms with van der Waals surface area (Å²) in [5.74, 6) is 0. The molecule has 0 saturated heterocycles. The second-order valence-corrected chi connectivity index (χ2v) is 8.83. The van der Waals surface area contributed by atoms with Crippen LogP contribution in [-0.2, 0) is 20.1 Å². The minimum absolute atomic E-state index is 0.0655. The highest BCUT2D eigenvalue weighted by Crippen LogP contribution is 2.30. The van der Waals surface area contributed by atoms with E-state index < -0.39 is 25.2 Å². The van der Waals surface area contributed by atoms with Crippen LogP contribution in [0.25, 0.3) is 10.9 Å². The van der Waals surface area contributed by atoms with Crippen LogP contribution in [0.2, 0.25) is 5.02 Å². The van der Waals surface area contributed by atoms with E-state index in [4.69, 9.17) is 11.6 Å². The van der Waals surface area contributed by atoms with Crippen LogP contribution < -0.4 is 0 Å². The van der Waals surface area contributed by atoms with Crippen LogP contribution in [-0.4, -0.2) is 25.4 Å². The first kappa shape index (κ1) is 17.0. The summed E-state index contributed by atoms with van der Waals surface area (Å²) in [5, 5.41) is -0.175. The zero-order valence-corrected chi connectivity index (χ0v) is 14.7. The van der Waals surface area contributed by atoms with E-state index in [2.05, 4.69) is 0 Å². The van der Waals surface area contributed by atoms with Crippen molar-refractivity contribution >= 4 is 42.6 Å². The third-order valence-electron chi connectivity index (χ3n) is 3.51. The zero-order valence-electron chi connectivity index (χ0n) is 12.3. The Bertz CT molecular complexity index is 1150. The molecule has 3 rings (SSSR count). The molecule has 0 radical (unpaired) electrons. The number of fused-ring (bicyclic) bond motifs is 1. The van der Waals surface area contributed by atoms with E-state index in [-0.39, 0.29) is 15.4 Å². The van der Waals surface area contributed by atoms with Gasteiger partial charge in [-0.1, -0.05) is 35.4 Å². The highest BCUT2D eigenvalue weighted by atomic mass is 35.5. The van der Waals surface area contributed by atoms with Crippen LogP contribution in [0.1, 0.15) is 5.56 Å². The lowest BCUT2D eigenvalue weighted by Gasteiger charge is -2.11. The molecule has 0 spiro atoms. The maximum absolute atomic E-state index is 12.9. The number of halogens is 1. The van der Waals surface area contributed by atoms with Crippen molar-refractivity contribution in [1.29, 1.82) is 0 Å². The first-order valence-corrected chi connectivity index (χ1v) is 9.97. The molecule has 1 N–H and O–H groups in total. The monoisotopic (exact) mass is 385 g/mol. The molecule has 0 atom stereocenters. The van der Waals surface area contributed by atoms with Crippen LogP contribution in [0, 0.1) is 6.92 Å². The van der Waals surface area contributed by atoms with Gasteiger partial charge in [-0.2, -0.15) is 8.42 Å². The van der Waals surface area contributed by atoms with Crippen molar-refractivity contribution in [3.05, 3.63) is 59.1 Å². The molecule has 0 aliphatic heterocycles. The molecule has 0 aliphatic rings. The molecule has 0 aliphatic carbocycles. The lowest BCUT2D eigenvalue weighted by Crippen LogP contribution is -2.18. The standard InChI is InChI=1S/C15H12ClNO5S2/c1-10-2-6-13(7-3-10)23(18,19)17-14-9-12(16)5-4-11(14)8-15(17)24(20,21)22/h2-9H,1H3,(H,20,21,22). The number of rotatable bonds is 3. The molecule has 0 bridgehead atoms. The van der Waals surface area contributed by atoms with Crippen molar-refractivity contribution in [1.82, 2.24) is 3.97 Å². The Balaban J connectivity index is 2.43. The van der Waals surface area contributed by atoms with Gasteiger partial charge in [0.1, 0.15) is 0 Å². The fraction of sp³-hybridized carbons (Fsp3) is 0.0667. The third kappa shape index (κ3) is 2.82. The minimum Gasteiger partial charge on any atom is -0.281 e. The second-order valence-electron chi connectivity index (χ2n) is 5.24. The molecule has 3 aromatic rings. The second kappa shape index (κ2) is 5.59.